The lowest BCUT2D eigenvalue weighted by Crippen LogP contribution is -2.37. The van der Waals surface area contributed by atoms with Crippen molar-refractivity contribution in [1.82, 2.24) is 4.98 Å². The van der Waals surface area contributed by atoms with E-state index in [1.807, 2.05) is 30.3 Å². The van der Waals surface area contributed by atoms with Crippen LogP contribution in [-0.4, -0.2) is 13.1 Å². The Balaban J connectivity index is 1.49. The van der Waals surface area contributed by atoms with Gasteiger partial charge in [0.25, 0.3) is 0 Å². The fraction of sp³-hybridized carbons (Fsp3) is 0.139. The van der Waals surface area contributed by atoms with Crippen LogP contribution in [0, 0.1) is 13.7 Å². The number of hydrogen-bond donors (Lipinski definition) is 0. The van der Waals surface area contributed by atoms with Crippen molar-refractivity contribution < 1.29 is 14.0 Å². The van der Waals surface area contributed by atoms with Gasteiger partial charge >= 0.3 is 0 Å². The number of furan rings is 1. The van der Waals surface area contributed by atoms with Gasteiger partial charge in [-0.2, -0.15) is 0 Å². The largest absolute Gasteiger partial charge is 0.455 e. The van der Waals surface area contributed by atoms with Crippen LogP contribution >= 0.6 is 0 Å². The predicted octanol–water partition coefficient (Wildman–Crippen LogP) is 9.78. The van der Waals surface area contributed by atoms with E-state index in [9.17, 15) is 0 Å². The van der Waals surface area contributed by atoms with Crippen molar-refractivity contribution in [2.75, 3.05) is 0 Å². The maximum atomic E-state index is 9.01. The first-order chi connectivity index (χ1) is 21.6. The number of aromatic nitrogens is 1. The molecule has 3 heteroatoms. The summed E-state index contributed by atoms with van der Waals surface area (Å²) < 4.78 is 65.5. The van der Waals surface area contributed by atoms with Crippen LogP contribution in [0.2, 0.25) is 19.6 Å². The van der Waals surface area contributed by atoms with Crippen molar-refractivity contribution in [3.05, 3.63) is 108 Å². The highest BCUT2D eigenvalue weighted by Gasteiger charge is 2.19. The van der Waals surface area contributed by atoms with E-state index in [4.69, 9.17) is 14.0 Å². The number of pyridine rings is 1. The summed E-state index contributed by atoms with van der Waals surface area (Å²) >= 11 is 0. The van der Waals surface area contributed by atoms with E-state index in [0.29, 0.717) is 22.4 Å². The van der Waals surface area contributed by atoms with E-state index >= 15 is 0 Å². The van der Waals surface area contributed by atoms with Gasteiger partial charge in [0, 0.05) is 30.8 Å². The molecule has 5 aromatic carbocycles. The Kier molecular flexibility index (Phi) is 3.86. The van der Waals surface area contributed by atoms with E-state index in [1.165, 1.54) is 6.20 Å². The molecule has 0 unspecified atom stereocenters. The Morgan fingerprint density at radius 3 is 2.36 bits per heavy atom. The lowest BCUT2D eigenvalue weighted by atomic mass is 9.95. The SMILES string of the molecule is [2H]c1cc([Si](C)(C)C)cc(C([2H])([2H])[2H])c1-c1cc(-c2cccc3c2oc2cc4c(ccc5ccccc54)cc23)ncc1C([2H])([2H])[2H]. The summed E-state index contributed by atoms with van der Waals surface area (Å²) in [5, 5.41) is 7.09. The summed E-state index contributed by atoms with van der Waals surface area (Å²) in [5.41, 5.74) is 2.49. The molecule has 2 heterocycles. The lowest BCUT2D eigenvalue weighted by Gasteiger charge is -2.19. The summed E-state index contributed by atoms with van der Waals surface area (Å²) in [4.78, 5) is 4.58. The first-order valence-corrected chi connectivity index (χ1v) is 16.5. The van der Waals surface area contributed by atoms with Crippen molar-refractivity contribution >= 4 is 56.7 Å². The van der Waals surface area contributed by atoms with Gasteiger partial charge in [0.2, 0.25) is 0 Å². The smallest absolute Gasteiger partial charge is 0.144 e. The summed E-state index contributed by atoms with van der Waals surface area (Å²) in [7, 11) is -2.00. The Hall–Kier alpha value is -4.21. The van der Waals surface area contributed by atoms with E-state index in [1.54, 1.807) is 18.2 Å². The Morgan fingerprint density at radius 1 is 0.692 bits per heavy atom. The molecule has 2 aromatic heterocycles. The molecule has 0 fully saturated rings. The zero-order valence-electron chi connectivity index (χ0n) is 29.0. The van der Waals surface area contributed by atoms with Crippen molar-refractivity contribution in [1.29, 1.82) is 0 Å². The third-order valence-corrected chi connectivity index (χ3v) is 9.64. The second-order valence-corrected chi connectivity index (χ2v) is 16.3. The highest BCUT2D eigenvalue weighted by molar-refractivity contribution is 6.88. The van der Waals surface area contributed by atoms with Crippen molar-refractivity contribution in [3.63, 3.8) is 0 Å². The average molecular weight is 529 g/mol. The minimum absolute atomic E-state index is 0.0189. The van der Waals surface area contributed by atoms with E-state index in [-0.39, 0.29) is 28.3 Å². The van der Waals surface area contributed by atoms with E-state index in [2.05, 4.69) is 61.0 Å². The first-order valence-electron chi connectivity index (χ1n) is 16.5. The summed E-state index contributed by atoms with van der Waals surface area (Å²) in [6.45, 7) is 1.10. The molecule has 0 radical (unpaired) electrons. The molecule has 0 aliphatic heterocycles. The first kappa shape index (κ1) is 17.4. The number of aryl methyl sites for hydroxylation is 2. The number of para-hydroxylation sites is 1. The number of hydrogen-bond acceptors (Lipinski definition) is 2. The molecule has 0 saturated carbocycles. The predicted molar refractivity (Wildman–Crippen MR) is 170 cm³/mol. The minimum atomic E-state index is -2.59. The number of benzene rings is 5. The fourth-order valence-corrected chi connectivity index (χ4v) is 6.55. The van der Waals surface area contributed by atoms with Crippen molar-refractivity contribution in [2.45, 2.75) is 33.3 Å². The van der Waals surface area contributed by atoms with Gasteiger partial charge in [0.15, 0.2) is 0 Å². The van der Waals surface area contributed by atoms with Crippen LogP contribution in [0.15, 0.2) is 102 Å². The number of rotatable bonds is 3. The van der Waals surface area contributed by atoms with Gasteiger partial charge in [-0.15, -0.1) is 0 Å². The summed E-state index contributed by atoms with van der Waals surface area (Å²) in [6, 6.07) is 27.3. The molecule has 0 aliphatic rings. The third kappa shape index (κ3) is 3.88. The molecule has 0 amide bonds. The van der Waals surface area contributed by atoms with Gasteiger partial charge in [-0.3, -0.25) is 4.98 Å². The van der Waals surface area contributed by atoms with Gasteiger partial charge in [0.1, 0.15) is 11.2 Å². The fourth-order valence-electron chi connectivity index (χ4n) is 5.46. The van der Waals surface area contributed by atoms with Gasteiger partial charge in [0.05, 0.1) is 15.1 Å². The molecule has 0 saturated heterocycles. The van der Waals surface area contributed by atoms with Gasteiger partial charge in [-0.1, -0.05) is 91.5 Å². The average Bonchev–Trinajstić information content (AvgIpc) is 3.35. The number of nitrogens with zero attached hydrogens (tertiary/aromatic N) is 1. The second kappa shape index (κ2) is 8.65. The van der Waals surface area contributed by atoms with Crippen molar-refractivity contribution in [2.24, 2.45) is 0 Å². The van der Waals surface area contributed by atoms with Crippen LogP contribution in [0.4, 0.5) is 0 Å². The van der Waals surface area contributed by atoms with Crippen molar-refractivity contribution in [3.8, 4) is 22.4 Å². The second-order valence-electron chi connectivity index (χ2n) is 11.2. The van der Waals surface area contributed by atoms with Crippen LogP contribution in [-0.2, 0) is 0 Å². The Morgan fingerprint density at radius 2 is 1.51 bits per heavy atom. The molecule has 0 bridgehead atoms. The highest BCUT2D eigenvalue weighted by Crippen LogP contribution is 2.39. The molecule has 2 nitrogen and oxygen atoms in total. The van der Waals surface area contributed by atoms with E-state index in [0.717, 1.165) is 37.5 Å². The van der Waals surface area contributed by atoms with Crippen LogP contribution in [0.1, 0.15) is 20.7 Å². The summed E-state index contributed by atoms with van der Waals surface area (Å²) in [6.07, 6.45) is 1.29. The zero-order valence-corrected chi connectivity index (χ0v) is 23.0. The van der Waals surface area contributed by atoms with Crippen LogP contribution < -0.4 is 5.19 Å². The molecular formula is C36H31NOSi. The molecule has 39 heavy (non-hydrogen) atoms. The van der Waals surface area contributed by atoms with Crippen LogP contribution in [0.3, 0.4) is 0 Å². The molecule has 0 aliphatic carbocycles. The molecule has 190 valence electrons. The Bertz CT molecular complexity index is 2350. The van der Waals surface area contributed by atoms with Crippen LogP contribution in [0.25, 0.3) is 65.9 Å². The normalized spacial score (nSPS) is 15.5. The standard InChI is InChI=1S/C36H31NOSi/c1-22-17-26(39(3,4)5)15-16-27(22)31-19-34(37-21-23(31)2)30-12-8-11-29-33-18-25-14-13-24-9-6-7-10-28(24)32(25)20-35(33)38-36(29)30/h6-21H,1-5H3/i1D3,2D3,16D. The van der Waals surface area contributed by atoms with Gasteiger partial charge in [-0.05, 0) is 81.8 Å². The van der Waals surface area contributed by atoms with Gasteiger partial charge in [-0.25, -0.2) is 0 Å². The topological polar surface area (TPSA) is 26.0 Å². The van der Waals surface area contributed by atoms with E-state index < -0.39 is 21.8 Å². The van der Waals surface area contributed by atoms with Crippen LogP contribution in [0.5, 0.6) is 0 Å². The van der Waals surface area contributed by atoms with Gasteiger partial charge < -0.3 is 4.42 Å². The highest BCUT2D eigenvalue weighted by atomic mass is 28.3. The molecule has 0 spiro atoms. The monoisotopic (exact) mass is 528 g/mol. The Labute approximate surface area is 239 Å². The quantitative estimate of drug-likeness (QED) is 0.168. The zero-order chi connectivity index (χ0) is 32.8. The number of fused-ring (bicyclic) bond motifs is 6. The maximum absolute atomic E-state index is 9.01. The lowest BCUT2D eigenvalue weighted by molar-refractivity contribution is 0.670. The molecule has 0 N–H and O–H groups in total. The minimum Gasteiger partial charge on any atom is -0.455 e. The molecular weight excluding hydrogens is 490 g/mol. The molecule has 7 aromatic rings. The maximum Gasteiger partial charge on any atom is 0.144 e. The third-order valence-electron chi connectivity index (χ3n) is 7.62. The summed E-state index contributed by atoms with van der Waals surface area (Å²) in [5.74, 6) is 0. The molecule has 0 atom stereocenters. The molecule has 7 rings (SSSR count).